The standard InChI is InChI=1S/C13H14BrFN2O3S/c1-7(5-20-2)17-11-3-8(14)9(15)4-10(11)16-13(17)21-6-12(18)19/h3-4,7H,5-6H2,1-2H3,(H,18,19). The monoisotopic (exact) mass is 376 g/mol. The number of carboxylic acids is 1. The van der Waals surface area contributed by atoms with Crippen molar-refractivity contribution in [3.8, 4) is 0 Å². The highest BCUT2D eigenvalue weighted by atomic mass is 79.9. The number of carboxylic acid groups (broad SMARTS) is 1. The summed E-state index contributed by atoms with van der Waals surface area (Å²) in [6.45, 7) is 2.38. The van der Waals surface area contributed by atoms with Gasteiger partial charge < -0.3 is 14.4 Å². The van der Waals surface area contributed by atoms with E-state index in [4.69, 9.17) is 9.84 Å². The molecule has 1 unspecified atom stereocenters. The van der Waals surface area contributed by atoms with Gasteiger partial charge in [-0.15, -0.1) is 0 Å². The number of aromatic nitrogens is 2. The highest BCUT2D eigenvalue weighted by molar-refractivity contribution is 9.10. The van der Waals surface area contributed by atoms with Gasteiger partial charge in [0, 0.05) is 13.2 Å². The van der Waals surface area contributed by atoms with E-state index in [1.54, 1.807) is 13.2 Å². The number of carbonyl (C=O) groups is 1. The van der Waals surface area contributed by atoms with Crippen molar-refractivity contribution in [2.45, 2.75) is 18.1 Å². The number of ether oxygens (including phenoxy) is 1. The van der Waals surface area contributed by atoms with Gasteiger partial charge in [0.05, 0.1) is 33.9 Å². The highest BCUT2D eigenvalue weighted by Gasteiger charge is 2.18. The first-order valence-corrected chi connectivity index (χ1v) is 7.92. The minimum atomic E-state index is -0.926. The Balaban J connectivity index is 2.54. The molecule has 1 aromatic carbocycles. The molecule has 5 nitrogen and oxygen atoms in total. The number of aliphatic carboxylic acids is 1. The van der Waals surface area contributed by atoms with Crippen LogP contribution in [0.5, 0.6) is 0 Å². The molecule has 0 aliphatic heterocycles. The molecule has 2 rings (SSSR count). The van der Waals surface area contributed by atoms with Gasteiger partial charge in [0.25, 0.3) is 0 Å². The van der Waals surface area contributed by atoms with Gasteiger partial charge in [0.2, 0.25) is 0 Å². The lowest BCUT2D eigenvalue weighted by Gasteiger charge is -2.16. The van der Waals surface area contributed by atoms with Crippen LogP contribution in [0, 0.1) is 5.82 Å². The van der Waals surface area contributed by atoms with E-state index in [9.17, 15) is 9.18 Å². The summed E-state index contributed by atoms with van der Waals surface area (Å²) < 4.78 is 21.0. The van der Waals surface area contributed by atoms with E-state index in [1.807, 2.05) is 11.5 Å². The number of benzene rings is 1. The number of methoxy groups -OCH3 is 1. The van der Waals surface area contributed by atoms with Gasteiger partial charge in [-0.05, 0) is 28.9 Å². The number of imidazole rings is 1. The number of hydrogen-bond donors (Lipinski definition) is 1. The van der Waals surface area contributed by atoms with Gasteiger partial charge in [-0.3, -0.25) is 4.79 Å². The second-order valence-electron chi connectivity index (χ2n) is 4.51. The van der Waals surface area contributed by atoms with E-state index in [-0.39, 0.29) is 11.8 Å². The van der Waals surface area contributed by atoms with E-state index < -0.39 is 11.8 Å². The molecule has 1 atom stereocenters. The molecule has 0 saturated carbocycles. The summed E-state index contributed by atoms with van der Waals surface area (Å²) in [4.78, 5) is 15.1. The lowest BCUT2D eigenvalue weighted by atomic mass is 10.3. The summed E-state index contributed by atoms with van der Waals surface area (Å²) in [6, 6.07) is 2.93. The molecule has 0 aliphatic carbocycles. The lowest BCUT2D eigenvalue weighted by molar-refractivity contribution is -0.133. The molecule has 0 saturated heterocycles. The topological polar surface area (TPSA) is 64.3 Å². The molecule has 114 valence electrons. The van der Waals surface area contributed by atoms with Crippen LogP contribution in [0.25, 0.3) is 11.0 Å². The van der Waals surface area contributed by atoms with Gasteiger partial charge in [-0.1, -0.05) is 11.8 Å². The first kappa shape index (κ1) is 16.3. The van der Waals surface area contributed by atoms with Crippen LogP contribution >= 0.6 is 27.7 Å². The third-order valence-corrected chi connectivity index (χ3v) is 4.42. The normalized spacial score (nSPS) is 12.8. The van der Waals surface area contributed by atoms with Crippen molar-refractivity contribution in [2.75, 3.05) is 19.5 Å². The van der Waals surface area contributed by atoms with E-state index >= 15 is 0 Å². The number of halogens is 2. The predicted molar refractivity (Wildman–Crippen MR) is 82.3 cm³/mol. The molecule has 0 aliphatic rings. The maximum absolute atomic E-state index is 13.6. The summed E-state index contributed by atoms with van der Waals surface area (Å²) in [5.74, 6) is -1.43. The van der Waals surface area contributed by atoms with Crippen molar-refractivity contribution >= 4 is 44.7 Å². The van der Waals surface area contributed by atoms with Crippen molar-refractivity contribution in [1.82, 2.24) is 9.55 Å². The highest BCUT2D eigenvalue weighted by Crippen LogP contribution is 2.31. The molecule has 2 aromatic rings. The summed E-state index contributed by atoms with van der Waals surface area (Å²) in [5.41, 5.74) is 1.23. The van der Waals surface area contributed by atoms with Crippen molar-refractivity contribution < 1.29 is 19.0 Å². The Bertz CT molecular complexity index is 677. The fourth-order valence-corrected chi connectivity index (χ4v) is 3.20. The van der Waals surface area contributed by atoms with Crippen LogP contribution in [0.15, 0.2) is 21.8 Å². The van der Waals surface area contributed by atoms with Gasteiger partial charge in [-0.2, -0.15) is 0 Å². The zero-order valence-electron chi connectivity index (χ0n) is 11.5. The Labute approximate surface area is 133 Å². The summed E-state index contributed by atoms with van der Waals surface area (Å²) in [7, 11) is 1.59. The summed E-state index contributed by atoms with van der Waals surface area (Å²) >= 11 is 4.27. The molecule has 0 radical (unpaired) electrons. The van der Waals surface area contributed by atoms with Crippen LogP contribution in [0.3, 0.4) is 0 Å². The van der Waals surface area contributed by atoms with Crippen molar-refractivity contribution in [1.29, 1.82) is 0 Å². The molecule has 0 bridgehead atoms. The number of nitrogens with zero attached hydrogens (tertiary/aromatic N) is 2. The Kier molecular flexibility index (Phi) is 5.23. The van der Waals surface area contributed by atoms with E-state index in [2.05, 4.69) is 20.9 Å². The molecule has 1 aromatic heterocycles. The Morgan fingerprint density at radius 3 is 2.95 bits per heavy atom. The van der Waals surface area contributed by atoms with Crippen molar-refractivity contribution in [3.05, 3.63) is 22.4 Å². The minimum Gasteiger partial charge on any atom is -0.481 e. The van der Waals surface area contributed by atoms with Crippen LogP contribution in [0.4, 0.5) is 4.39 Å². The number of hydrogen-bond acceptors (Lipinski definition) is 4. The van der Waals surface area contributed by atoms with Gasteiger partial charge in [0.1, 0.15) is 5.82 Å². The van der Waals surface area contributed by atoms with Gasteiger partial charge >= 0.3 is 5.97 Å². The number of rotatable bonds is 6. The summed E-state index contributed by atoms with van der Waals surface area (Å²) in [5, 5.41) is 9.36. The van der Waals surface area contributed by atoms with Crippen LogP contribution in [0.2, 0.25) is 0 Å². The molecule has 8 heteroatoms. The Morgan fingerprint density at radius 1 is 1.62 bits per heavy atom. The van der Waals surface area contributed by atoms with Crippen LogP contribution in [-0.4, -0.2) is 40.1 Å². The maximum Gasteiger partial charge on any atom is 0.313 e. The molecule has 21 heavy (non-hydrogen) atoms. The van der Waals surface area contributed by atoms with Crippen LogP contribution in [-0.2, 0) is 9.53 Å². The first-order chi connectivity index (χ1) is 9.93. The minimum absolute atomic E-state index is 0.0475. The quantitative estimate of drug-likeness (QED) is 0.783. The number of fused-ring (bicyclic) bond motifs is 1. The molecular formula is C13H14BrFN2O3S. The van der Waals surface area contributed by atoms with Crippen molar-refractivity contribution in [3.63, 3.8) is 0 Å². The Hall–Kier alpha value is -1.12. The largest absolute Gasteiger partial charge is 0.481 e. The van der Waals surface area contributed by atoms with Crippen molar-refractivity contribution in [2.24, 2.45) is 0 Å². The average Bonchev–Trinajstić information content (AvgIpc) is 2.75. The van der Waals surface area contributed by atoms with Gasteiger partial charge in [0.15, 0.2) is 5.16 Å². The zero-order valence-corrected chi connectivity index (χ0v) is 13.9. The second kappa shape index (κ2) is 6.76. The molecule has 1 heterocycles. The van der Waals surface area contributed by atoms with Crippen LogP contribution < -0.4 is 0 Å². The molecule has 0 spiro atoms. The number of thioether (sulfide) groups is 1. The third kappa shape index (κ3) is 3.56. The summed E-state index contributed by atoms with van der Waals surface area (Å²) in [6.07, 6.45) is 0. The van der Waals surface area contributed by atoms with E-state index in [0.29, 0.717) is 21.8 Å². The lowest BCUT2D eigenvalue weighted by Crippen LogP contribution is -2.12. The van der Waals surface area contributed by atoms with E-state index in [1.165, 1.54) is 6.07 Å². The molecule has 0 amide bonds. The Morgan fingerprint density at radius 2 is 2.33 bits per heavy atom. The zero-order chi connectivity index (χ0) is 15.6. The molecule has 0 fully saturated rings. The second-order valence-corrected chi connectivity index (χ2v) is 6.30. The van der Waals surface area contributed by atoms with Crippen LogP contribution in [0.1, 0.15) is 13.0 Å². The maximum atomic E-state index is 13.6. The average molecular weight is 377 g/mol. The first-order valence-electron chi connectivity index (χ1n) is 6.14. The SMILES string of the molecule is COCC(C)n1c(SCC(=O)O)nc2cc(F)c(Br)cc21. The smallest absolute Gasteiger partial charge is 0.313 e. The molecule has 1 N–H and O–H groups in total. The van der Waals surface area contributed by atoms with E-state index in [0.717, 1.165) is 17.3 Å². The molecular weight excluding hydrogens is 363 g/mol. The third-order valence-electron chi connectivity index (χ3n) is 2.87. The fourth-order valence-electron chi connectivity index (χ4n) is 2.04. The predicted octanol–water partition coefficient (Wildman–Crippen LogP) is 3.32. The fraction of sp³-hybridized carbons (Fsp3) is 0.385. The van der Waals surface area contributed by atoms with Gasteiger partial charge in [-0.25, -0.2) is 9.37 Å².